The van der Waals surface area contributed by atoms with Gasteiger partial charge in [0.25, 0.3) is 5.56 Å². The van der Waals surface area contributed by atoms with Crippen LogP contribution < -0.4 is 9.86 Å². The zero-order valence-corrected chi connectivity index (χ0v) is 15.2. The van der Waals surface area contributed by atoms with Crippen LogP contribution in [0.5, 0.6) is 0 Å². The van der Waals surface area contributed by atoms with Crippen LogP contribution in [0.4, 0.5) is 5.69 Å². The van der Waals surface area contributed by atoms with Gasteiger partial charge in [0.1, 0.15) is 11.3 Å². The van der Waals surface area contributed by atoms with E-state index < -0.39 is 21.6 Å². The van der Waals surface area contributed by atoms with Crippen molar-refractivity contribution in [3.8, 4) is 16.9 Å². The SMILES string of the molecule is COC(=O)c1cn(-c2cccc(N3CCCS3(=O)=O)c2)cc2c(=O)[nH]nc1-2. The number of carbonyl (C=O) groups is 1. The van der Waals surface area contributed by atoms with Crippen molar-refractivity contribution in [1.29, 1.82) is 0 Å². The van der Waals surface area contributed by atoms with E-state index in [4.69, 9.17) is 4.74 Å². The number of aromatic amines is 1. The molecule has 1 N–H and O–H groups in total. The number of esters is 1. The van der Waals surface area contributed by atoms with Gasteiger partial charge in [-0.3, -0.25) is 9.10 Å². The average molecular weight is 388 g/mol. The van der Waals surface area contributed by atoms with E-state index in [1.807, 2.05) is 0 Å². The zero-order chi connectivity index (χ0) is 19.2. The summed E-state index contributed by atoms with van der Waals surface area (Å²) in [7, 11) is -2.07. The number of sulfonamides is 1. The lowest BCUT2D eigenvalue weighted by molar-refractivity contribution is 0.0600. The molecule has 0 saturated carbocycles. The molecule has 1 aromatic rings. The van der Waals surface area contributed by atoms with Crippen LogP contribution >= 0.6 is 0 Å². The lowest BCUT2D eigenvalue weighted by atomic mass is 10.1. The fraction of sp³-hybridized carbons (Fsp3) is 0.235. The van der Waals surface area contributed by atoms with E-state index in [0.29, 0.717) is 24.3 Å². The van der Waals surface area contributed by atoms with Crippen molar-refractivity contribution in [2.24, 2.45) is 0 Å². The average Bonchev–Trinajstić information content (AvgIpc) is 3.22. The Kier molecular flexibility index (Phi) is 3.99. The van der Waals surface area contributed by atoms with Crippen molar-refractivity contribution in [2.45, 2.75) is 6.42 Å². The number of rotatable bonds is 3. The van der Waals surface area contributed by atoms with Gasteiger partial charge in [-0.25, -0.2) is 18.3 Å². The van der Waals surface area contributed by atoms with Crippen LogP contribution in [0.15, 0.2) is 41.5 Å². The Morgan fingerprint density at radius 3 is 2.74 bits per heavy atom. The van der Waals surface area contributed by atoms with E-state index >= 15 is 0 Å². The van der Waals surface area contributed by atoms with E-state index in [1.165, 1.54) is 17.6 Å². The molecule has 1 aromatic carbocycles. The Labute approximate surface area is 154 Å². The molecular weight excluding hydrogens is 372 g/mol. The number of ether oxygens (including phenoxy) is 1. The first-order valence-corrected chi connectivity index (χ1v) is 9.81. The number of pyridine rings is 1. The Morgan fingerprint density at radius 2 is 2.04 bits per heavy atom. The molecular formula is C17H16N4O5S. The van der Waals surface area contributed by atoms with Gasteiger partial charge < -0.3 is 9.30 Å². The van der Waals surface area contributed by atoms with Crippen LogP contribution in [0.25, 0.3) is 16.9 Å². The first kappa shape index (κ1) is 17.3. The Morgan fingerprint density at radius 1 is 1.26 bits per heavy atom. The third kappa shape index (κ3) is 2.87. The standard InChI is InChI=1S/C17H16N4O5S/c1-26-17(23)14-10-20(9-13-15(14)18-19-16(13)22)11-4-2-5-12(8-11)21-6-3-7-27(21,24)25/h2,4-5,8-10H,3,6-7H2,1H3,(H,19,22). The number of carbonyl (C=O) groups excluding carboxylic acids is 1. The van der Waals surface area contributed by atoms with Gasteiger partial charge >= 0.3 is 5.97 Å². The predicted molar refractivity (Wildman–Crippen MR) is 97.9 cm³/mol. The second-order valence-electron chi connectivity index (χ2n) is 6.15. The van der Waals surface area contributed by atoms with Crippen molar-refractivity contribution in [3.63, 3.8) is 0 Å². The summed E-state index contributed by atoms with van der Waals surface area (Å²) in [5.74, 6) is -0.503. The molecule has 10 heteroatoms. The predicted octanol–water partition coefficient (Wildman–Crippen LogP) is 0.992. The van der Waals surface area contributed by atoms with Gasteiger partial charge in [-0.15, -0.1) is 0 Å². The maximum absolute atomic E-state index is 12.2. The lowest BCUT2D eigenvalue weighted by Crippen LogP contribution is -2.25. The summed E-state index contributed by atoms with van der Waals surface area (Å²) >= 11 is 0. The van der Waals surface area contributed by atoms with Gasteiger partial charge in [0.15, 0.2) is 0 Å². The minimum absolute atomic E-state index is 0.122. The molecule has 0 aliphatic carbocycles. The highest BCUT2D eigenvalue weighted by Gasteiger charge is 2.28. The Balaban J connectivity index is 1.87. The van der Waals surface area contributed by atoms with E-state index in [-0.39, 0.29) is 22.6 Å². The third-order valence-corrected chi connectivity index (χ3v) is 6.35. The van der Waals surface area contributed by atoms with Gasteiger partial charge in [0.05, 0.1) is 24.1 Å². The number of hydrogen-bond acceptors (Lipinski definition) is 6. The molecule has 4 rings (SSSR count). The molecule has 27 heavy (non-hydrogen) atoms. The summed E-state index contributed by atoms with van der Waals surface area (Å²) in [5.41, 5.74) is 1.29. The number of aromatic nitrogens is 3. The highest BCUT2D eigenvalue weighted by Crippen LogP contribution is 2.28. The van der Waals surface area contributed by atoms with Crippen molar-refractivity contribution in [3.05, 3.63) is 52.6 Å². The quantitative estimate of drug-likeness (QED) is 0.669. The molecule has 9 nitrogen and oxygen atoms in total. The van der Waals surface area contributed by atoms with Crippen molar-refractivity contribution in [1.82, 2.24) is 14.8 Å². The second kappa shape index (κ2) is 6.23. The summed E-state index contributed by atoms with van der Waals surface area (Å²) in [6, 6.07) is 6.88. The van der Waals surface area contributed by atoms with Crippen LogP contribution in [-0.2, 0) is 14.8 Å². The second-order valence-corrected chi connectivity index (χ2v) is 8.16. The largest absolute Gasteiger partial charge is 0.465 e. The van der Waals surface area contributed by atoms with Crippen molar-refractivity contribution >= 4 is 21.7 Å². The lowest BCUT2D eigenvalue weighted by Gasteiger charge is -2.19. The molecule has 0 atom stereocenters. The topological polar surface area (TPSA) is 114 Å². The van der Waals surface area contributed by atoms with Gasteiger partial charge in [0.2, 0.25) is 10.0 Å². The molecule has 140 valence electrons. The van der Waals surface area contributed by atoms with E-state index in [2.05, 4.69) is 10.2 Å². The van der Waals surface area contributed by atoms with E-state index in [0.717, 1.165) is 0 Å². The van der Waals surface area contributed by atoms with Crippen LogP contribution in [0.3, 0.4) is 0 Å². The molecule has 1 saturated heterocycles. The monoisotopic (exact) mass is 388 g/mol. The molecule has 0 amide bonds. The molecule has 1 fully saturated rings. The number of H-pyrrole nitrogens is 1. The van der Waals surface area contributed by atoms with Gasteiger partial charge in [-0.1, -0.05) is 6.07 Å². The maximum Gasteiger partial charge on any atom is 0.341 e. The number of hydrogen-bond donors (Lipinski definition) is 1. The molecule has 0 radical (unpaired) electrons. The van der Waals surface area contributed by atoms with Gasteiger partial charge in [-0.2, -0.15) is 5.10 Å². The molecule has 3 aliphatic rings. The van der Waals surface area contributed by atoms with Crippen LogP contribution in [0.1, 0.15) is 16.8 Å². The smallest absolute Gasteiger partial charge is 0.341 e. The van der Waals surface area contributed by atoms with Crippen LogP contribution in [0, 0.1) is 0 Å². The summed E-state index contributed by atoms with van der Waals surface area (Å²) in [6.07, 6.45) is 3.63. The number of fused-ring (bicyclic) bond motifs is 1. The Hall–Kier alpha value is -3.14. The molecule has 0 spiro atoms. The third-order valence-electron chi connectivity index (χ3n) is 4.48. The summed E-state index contributed by atoms with van der Waals surface area (Å²) in [4.78, 5) is 24.1. The molecule has 0 unspecified atom stereocenters. The molecule has 3 aliphatic heterocycles. The fourth-order valence-corrected chi connectivity index (χ4v) is 4.74. The van der Waals surface area contributed by atoms with Gasteiger partial charge in [0, 0.05) is 24.6 Å². The highest BCUT2D eigenvalue weighted by molar-refractivity contribution is 7.93. The maximum atomic E-state index is 12.2. The van der Waals surface area contributed by atoms with E-state index in [1.54, 1.807) is 35.0 Å². The molecule has 0 aromatic heterocycles. The number of benzene rings is 1. The summed E-state index contributed by atoms with van der Waals surface area (Å²) in [5, 5.41) is 6.21. The number of nitrogens with zero attached hydrogens (tertiary/aromatic N) is 3. The molecule has 0 bridgehead atoms. The zero-order valence-electron chi connectivity index (χ0n) is 14.4. The minimum atomic E-state index is -3.31. The first-order valence-electron chi connectivity index (χ1n) is 8.20. The van der Waals surface area contributed by atoms with Crippen molar-refractivity contribution in [2.75, 3.05) is 23.7 Å². The number of methoxy groups -OCH3 is 1. The van der Waals surface area contributed by atoms with Crippen molar-refractivity contribution < 1.29 is 17.9 Å². The highest BCUT2D eigenvalue weighted by atomic mass is 32.2. The normalized spacial score (nSPS) is 16.0. The van der Waals surface area contributed by atoms with Crippen LogP contribution in [-0.4, -0.2) is 48.6 Å². The fourth-order valence-electron chi connectivity index (χ4n) is 3.18. The summed E-state index contributed by atoms with van der Waals surface area (Å²) in [6.45, 7) is 0.426. The molecule has 3 heterocycles. The number of anilines is 1. The van der Waals surface area contributed by atoms with Gasteiger partial charge in [-0.05, 0) is 24.6 Å². The number of nitrogens with one attached hydrogen (secondary N) is 1. The van der Waals surface area contributed by atoms with Crippen LogP contribution in [0.2, 0.25) is 0 Å². The Bertz CT molecular complexity index is 1160. The first-order chi connectivity index (χ1) is 12.9. The van der Waals surface area contributed by atoms with E-state index in [9.17, 15) is 18.0 Å². The summed E-state index contributed by atoms with van der Waals surface area (Å²) < 4.78 is 32.1. The minimum Gasteiger partial charge on any atom is -0.465 e.